The summed E-state index contributed by atoms with van der Waals surface area (Å²) >= 11 is 1.62. The summed E-state index contributed by atoms with van der Waals surface area (Å²) in [5, 5.41) is 10.4. The molecule has 2 rings (SSSR count). The lowest BCUT2D eigenvalue weighted by Gasteiger charge is -2.12. The Morgan fingerprint density at radius 3 is 2.89 bits per heavy atom. The van der Waals surface area contributed by atoms with E-state index in [4.69, 9.17) is 0 Å². The summed E-state index contributed by atoms with van der Waals surface area (Å²) in [6, 6.07) is 5.28. The molecule has 0 radical (unpaired) electrons. The summed E-state index contributed by atoms with van der Waals surface area (Å²) in [6.07, 6.45) is 2.01. The molecule has 0 aliphatic rings. The number of hydrogen-bond donors (Lipinski definition) is 2. The highest BCUT2D eigenvalue weighted by Gasteiger charge is 2.17. The van der Waals surface area contributed by atoms with E-state index in [-0.39, 0.29) is 11.9 Å². The van der Waals surface area contributed by atoms with Gasteiger partial charge in [-0.2, -0.15) is 0 Å². The molecular weight excluding hydrogens is 266 g/mol. The first-order valence-electron chi connectivity index (χ1n) is 5.70. The summed E-state index contributed by atoms with van der Waals surface area (Å²) < 4.78 is 4.55. The van der Waals surface area contributed by atoms with Gasteiger partial charge in [0.15, 0.2) is 5.82 Å². The molecule has 1 atom stereocenters. The van der Waals surface area contributed by atoms with Gasteiger partial charge in [0.2, 0.25) is 0 Å². The van der Waals surface area contributed by atoms with E-state index >= 15 is 0 Å². The fraction of sp³-hybridized carbons (Fsp3) is 0.250. The molecule has 0 saturated carbocycles. The predicted molar refractivity (Wildman–Crippen MR) is 70.8 cm³/mol. The van der Waals surface area contributed by atoms with Crippen molar-refractivity contribution in [3.05, 3.63) is 34.7 Å². The molecule has 2 N–H and O–H groups in total. The van der Waals surface area contributed by atoms with Gasteiger partial charge in [-0.3, -0.25) is 14.9 Å². The molecule has 0 fully saturated rings. The van der Waals surface area contributed by atoms with Crippen molar-refractivity contribution >= 4 is 29.0 Å². The van der Waals surface area contributed by atoms with Gasteiger partial charge in [-0.05, 0) is 18.4 Å². The molecule has 2 aromatic heterocycles. The standard InChI is InChI=1S/C12H13N3O3S/c1-8(7-9-3-2-6-19-9)13-11(16)12(17)14-10-4-5-18-15-10/h2-6,8H,7H2,1H3,(H,13,16)(H,14,15,17). The highest BCUT2D eigenvalue weighted by atomic mass is 32.1. The zero-order valence-electron chi connectivity index (χ0n) is 10.3. The minimum absolute atomic E-state index is 0.116. The number of thiophene rings is 1. The Morgan fingerprint density at radius 2 is 2.26 bits per heavy atom. The Morgan fingerprint density at radius 1 is 1.42 bits per heavy atom. The first kappa shape index (κ1) is 13.3. The van der Waals surface area contributed by atoms with Gasteiger partial charge in [0.05, 0.1) is 0 Å². The van der Waals surface area contributed by atoms with Gasteiger partial charge in [-0.15, -0.1) is 11.3 Å². The van der Waals surface area contributed by atoms with Crippen LogP contribution in [0.3, 0.4) is 0 Å². The quantitative estimate of drug-likeness (QED) is 0.829. The normalized spacial score (nSPS) is 11.8. The second kappa shape index (κ2) is 6.14. The van der Waals surface area contributed by atoms with Gasteiger partial charge in [0, 0.05) is 23.4 Å². The molecule has 2 heterocycles. The molecule has 7 heteroatoms. The topological polar surface area (TPSA) is 84.2 Å². The van der Waals surface area contributed by atoms with Gasteiger partial charge < -0.3 is 9.84 Å². The Balaban J connectivity index is 1.81. The lowest BCUT2D eigenvalue weighted by Crippen LogP contribution is -2.41. The molecular formula is C12H13N3O3S. The molecule has 6 nitrogen and oxygen atoms in total. The van der Waals surface area contributed by atoms with Crippen molar-refractivity contribution in [2.24, 2.45) is 0 Å². The maximum Gasteiger partial charge on any atom is 0.314 e. The molecule has 0 aromatic carbocycles. The van der Waals surface area contributed by atoms with Gasteiger partial charge >= 0.3 is 11.8 Å². The lowest BCUT2D eigenvalue weighted by molar-refractivity contribution is -0.136. The Hall–Kier alpha value is -2.15. The molecule has 0 saturated heterocycles. The van der Waals surface area contributed by atoms with Crippen LogP contribution in [0.15, 0.2) is 34.4 Å². The van der Waals surface area contributed by atoms with E-state index in [1.807, 2.05) is 24.4 Å². The van der Waals surface area contributed by atoms with Gasteiger partial charge in [-0.25, -0.2) is 0 Å². The van der Waals surface area contributed by atoms with E-state index in [1.165, 1.54) is 12.3 Å². The van der Waals surface area contributed by atoms with Crippen LogP contribution in [0.25, 0.3) is 0 Å². The van der Waals surface area contributed by atoms with E-state index in [1.54, 1.807) is 11.3 Å². The van der Waals surface area contributed by atoms with Crippen molar-refractivity contribution in [1.29, 1.82) is 0 Å². The zero-order valence-corrected chi connectivity index (χ0v) is 11.1. The summed E-state index contributed by atoms with van der Waals surface area (Å²) in [6.45, 7) is 1.85. The Bertz CT molecular complexity index is 537. The van der Waals surface area contributed by atoms with Crippen molar-refractivity contribution in [2.75, 3.05) is 5.32 Å². The lowest BCUT2D eigenvalue weighted by atomic mass is 10.2. The van der Waals surface area contributed by atoms with Crippen LogP contribution in [0, 0.1) is 0 Å². The number of amides is 2. The zero-order chi connectivity index (χ0) is 13.7. The number of carbonyl (C=O) groups is 2. The second-order valence-corrected chi connectivity index (χ2v) is 5.03. The summed E-state index contributed by atoms with van der Waals surface area (Å²) in [5.74, 6) is -1.23. The van der Waals surface area contributed by atoms with E-state index < -0.39 is 11.8 Å². The minimum atomic E-state index is -0.757. The fourth-order valence-electron chi connectivity index (χ4n) is 1.52. The number of anilines is 1. The second-order valence-electron chi connectivity index (χ2n) is 4.00. The molecule has 0 bridgehead atoms. The predicted octanol–water partition coefficient (Wildman–Crippen LogP) is 1.42. The summed E-state index contributed by atoms with van der Waals surface area (Å²) in [5.41, 5.74) is 0. The van der Waals surface area contributed by atoms with E-state index in [0.29, 0.717) is 6.42 Å². The smallest absolute Gasteiger partial charge is 0.314 e. The maximum atomic E-state index is 11.6. The van der Waals surface area contributed by atoms with Crippen LogP contribution in [0.2, 0.25) is 0 Å². The number of carbonyl (C=O) groups excluding carboxylic acids is 2. The average Bonchev–Trinajstić information content (AvgIpc) is 3.01. The number of nitrogens with one attached hydrogen (secondary N) is 2. The highest BCUT2D eigenvalue weighted by Crippen LogP contribution is 2.10. The van der Waals surface area contributed by atoms with E-state index in [9.17, 15) is 9.59 Å². The first-order chi connectivity index (χ1) is 9.15. The van der Waals surface area contributed by atoms with Crippen LogP contribution >= 0.6 is 11.3 Å². The number of nitrogens with zero attached hydrogens (tertiary/aromatic N) is 1. The molecule has 2 aromatic rings. The third kappa shape index (κ3) is 3.92. The third-order valence-electron chi connectivity index (χ3n) is 2.35. The van der Waals surface area contributed by atoms with E-state index in [0.717, 1.165) is 4.88 Å². The largest absolute Gasteiger partial charge is 0.363 e. The molecule has 19 heavy (non-hydrogen) atoms. The van der Waals surface area contributed by atoms with Gasteiger partial charge in [0.25, 0.3) is 0 Å². The monoisotopic (exact) mass is 279 g/mol. The van der Waals surface area contributed by atoms with Crippen LogP contribution in [-0.4, -0.2) is 23.0 Å². The molecule has 0 spiro atoms. The van der Waals surface area contributed by atoms with E-state index in [2.05, 4.69) is 20.3 Å². The SMILES string of the molecule is CC(Cc1cccs1)NC(=O)C(=O)Nc1ccon1. The number of rotatable bonds is 4. The van der Waals surface area contributed by atoms with Gasteiger partial charge in [-0.1, -0.05) is 11.2 Å². The number of aromatic nitrogens is 1. The van der Waals surface area contributed by atoms with Crippen LogP contribution < -0.4 is 10.6 Å². The van der Waals surface area contributed by atoms with Crippen molar-refractivity contribution in [2.45, 2.75) is 19.4 Å². The van der Waals surface area contributed by atoms with Crippen LogP contribution in [-0.2, 0) is 16.0 Å². The molecule has 2 amide bonds. The average molecular weight is 279 g/mol. The fourth-order valence-corrected chi connectivity index (χ4v) is 2.36. The maximum absolute atomic E-state index is 11.6. The van der Waals surface area contributed by atoms with Crippen molar-refractivity contribution in [3.63, 3.8) is 0 Å². The van der Waals surface area contributed by atoms with Crippen molar-refractivity contribution < 1.29 is 14.1 Å². The summed E-state index contributed by atoms with van der Waals surface area (Å²) in [7, 11) is 0. The minimum Gasteiger partial charge on any atom is -0.363 e. The molecule has 0 aliphatic heterocycles. The van der Waals surface area contributed by atoms with Crippen LogP contribution in [0.4, 0.5) is 5.82 Å². The molecule has 100 valence electrons. The van der Waals surface area contributed by atoms with Gasteiger partial charge in [0.1, 0.15) is 6.26 Å². The molecule has 1 unspecified atom stereocenters. The Labute approximate surface area is 113 Å². The highest BCUT2D eigenvalue weighted by molar-refractivity contribution is 7.09. The van der Waals surface area contributed by atoms with Crippen molar-refractivity contribution in [1.82, 2.24) is 10.5 Å². The van der Waals surface area contributed by atoms with Crippen LogP contribution in [0.5, 0.6) is 0 Å². The number of hydrogen-bond acceptors (Lipinski definition) is 5. The Kier molecular flexibility index (Phi) is 4.30. The summed E-state index contributed by atoms with van der Waals surface area (Å²) in [4.78, 5) is 24.3. The molecule has 0 aliphatic carbocycles. The van der Waals surface area contributed by atoms with Crippen molar-refractivity contribution in [3.8, 4) is 0 Å². The first-order valence-corrected chi connectivity index (χ1v) is 6.57. The van der Waals surface area contributed by atoms with Crippen LogP contribution in [0.1, 0.15) is 11.8 Å². The third-order valence-corrected chi connectivity index (χ3v) is 3.25.